The summed E-state index contributed by atoms with van der Waals surface area (Å²) in [5.41, 5.74) is 2.55. The summed E-state index contributed by atoms with van der Waals surface area (Å²) in [4.78, 5) is 15.1. The van der Waals surface area contributed by atoms with Gasteiger partial charge in [0.25, 0.3) is 0 Å². The molecule has 1 N–H and O–H groups in total. The van der Waals surface area contributed by atoms with Crippen LogP contribution in [0.2, 0.25) is 0 Å². The van der Waals surface area contributed by atoms with Crippen molar-refractivity contribution in [2.45, 2.75) is 32.7 Å². The summed E-state index contributed by atoms with van der Waals surface area (Å²) in [5, 5.41) is 12.7. The minimum Gasteiger partial charge on any atom is -0.367 e. The van der Waals surface area contributed by atoms with E-state index < -0.39 is 0 Å². The Bertz CT molecular complexity index is 728. The van der Waals surface area contributed by atoms with E-state index in [-0.39, 0.29) is 0 Å². The highest BCUT2D eigenvalue weighted by Crippen LogP contribution is 2.23. The van der Waals surface area contributed by atoms with Crippen LogP contribution in [-0.4, -0.2) is 34.1 Å². The molecule has 3 rings (SSSR count). The fourth-order valence-electron chi connectivity index (χ4n) is 2.85. The Hall–Kier alpha value is -2.68. The molecule has 0 aliphatic carbocycles. The second kappa shape index (κ2) is 6.61. The third-order valence-corrected chi connectivity index (χ3v) is 4.09. The van der Waals surface area contributed by atoms with Gasteiger partial charge >= 0.3 is 0 Å². The van der Waals surface area contributed by atoms with E-state index in [1.807, 2.05) is 32.0 Å². The van der Waals surface area contributed by atoms with Gasteiger partial charge in [-0.15, -0.1) is 0 Å². The molecule has 1 saturated heterocycles. The Morgan fingerprint density at radius 1 is 1.17 bits per heavy atom. The summed E-state index contributed by atoms with van der Waals surface area (Å²) in [6, 6.07) is 8.32. The molecule has 1 aliphatic rings. The predicted molar refractivity (Wildman–Crippen MR) is 89.3 cm³/mol. The van der Waals surface area contributed by atoms with Gasteiger partial charge in [-0.05, 0) is 38.8 Å². The fraction of sp³-hybridized carbons (Fsp3) is 0.412. The van der Waals surface area contributed by atoms with E-state index in [9.17, 15) is 5.26 Å². The van der Waals surface area contributed by atoms with Crippen molar-refractivity contribution in [1.82, 2.24) is 15.0 Å². The van der Waals surface area contributed by atoms with Crippen molar-refractivity contribution in [2.24, 2.45) is 0 Å². The molecule has 1 fully saturated rings. The highest BCUT2D eigenvalue weighted by molar-refractivity contribution is 5.54. The lowest BCUT2D eigenvalue weighted by Crippen LogP contribution is -2.40. The summed E-state index contributed by atoms with van der Waals surface area (Å²) in [7, 11) is 0. The van der Waals surface area contributed by atoms with Crippen molar-refractivity contribution in [3.8, 4) is 6.07 Å². The van der Waals surface area contributed by atoms with Gasteiger partial charge in [0, 0.05) is 36.6 Å². The average Bonchev–Trinajstić information content (AvgIpc) is 2.55. The first-order chi connectivity index (χ1) is 11.2. The molecule has 0 aromatic carbocycles. The molecule has 0 radical (unpaired) electrons. The van der Waals surface area contributed by atoms with E-state index in [2.05, 4.69) is 31.2 Å². The number of pyridine rings is 1. The zero-order chi connectivity index (χ0) is 16.2. The maximum Gasteiger partial charge on any atom is 0.146 e. The van der Waals surface area contributed by atoms with Crippen LogP contribution in [0.5, 0.6) is 0 Å². The van der Waals surface area contributed by atoms with Gasteiger partial charge in [0.1, 0.15) is 24.0 Å². The number of piperidine rings is 1. The number of anilines is 2. The molecule has 1 aliphatic heterocycles. The third kappa shape index (κ3) is 3.57. The molecule has 0 atom stereocenters. The van der Waals surface area contributed by atoms with Gasteiger partial charge < -0.3 is 10.2 Å². The van der Waals surface area contributed by atoms with Crippen molar-refractivity contribution in [2.75, 3.05) is 23.3 Å². The second-order valence-electron chi connectivity index (χ2n) is 5.89. The molecule has 2 aromatic heterocycles. The predicted octanol–water partition coefficient (Wildman–Crippen LogP) is 2.44. The van der Waals surface area contributed by atoms with Crippen LogP contribution >= 0.6 is 0 Å². The zero-order valence-electron chi connectivity index (χ0n) is 13.5. The van der Waals surface area contributed by atoms with Crippen molar-refractivity contribution in [1.29, 1.82) is 5.26 Å². The van der Waals surface area contributed by atoms with E-state index in [0.29, 0.717) is 11.6 Å². The smallest absolute Gasteiger partial charge is 0.146 e. The SMILES string of the molecule is Cc1cc(NC2CCN(c3nc(C)ccc3C#N)CC2)ncn1. The molecule has 6 heteroatoms. The second-order valence-corrected chi connectivity index (χ2v) is 5.89. The number of nitrogens with one attached hydrogen (secondary N) is 1. The lowest BCUT2D eigenvalue weighted by Gasteiger charge is -2.33. The van der Waals surface area contributed by atoms with Crippen LogP contribution < -0.4 is 10.2 Å². The van der Waals surface area contributed by atoms with Crippen molar-refractivity contribution in [3.05, 3.63) is 41.5 Å². The molecule has 3 heterocycles. The number of aromatic nitrogens is 3. The van der Waals surface area contributed by atoms with E-state index in [1.54, 1.807) is 6.33 Å². The Labute approximate surface area is 136 Å². The lowest BCUT2D eigenvalue weighted by atomic mass is 10.0. The highest BCUT2D eigenvalue weighted by atomic mass is 15.2. The summed E-state index contributed by atoms with van der Waals surface area (Å²) in [6.45, 7) is 5.68. The number of nitriles is 1. The Balaban J connectivity index is 1.65. The van der Waals surface area contributed by atoms with Gasteiger partial charge in [-0.2, -0.15) is 5.26 Å². The molecule has 0 saturated carbocycles. The summed E-state index contributed by atoms with van der Waals surface area (Å²) < 4.78 is 0. The lowest BCUT2D eigenvalue weighted by molar-refractivity contribution is 0.522. The Kier molecular flexibility index (Phi) is 4.38. The fourth-order valence-corrected chi connectivity index (χ4v) is 2.85. The molecule has 23 heavy (non-hydrogen) atoms. The number of aryl methyl sites for hydroxylation is 2. The number of hydrogen-bond donors (Lipinski definition) is 1. The quantitative estimate of drug-likeness (QED) is 0.938. The summed E-state index contributed by atoms with van der Waals surface area (Å²) in [5.74, 6) is 1.69. The third-order valence-electron chi connectivity index (χ3n) is 4.09. The van der Waals surface area contributed by atoms with Gasteiger partial charge in [-0.25, -0.2) is 15.0 Å². The molecule has 6 nitrogen and oxygen atoms in total. The van der Waals surface area contributed by atoms with E-state index >= 15 is 0 Å². The van der Waals surface area contributed by atoms with Gasteiger partial charge in [0.05, 0.1) is 5.56 Å². The van der Waals surface area contributed by atoms with Crippen LogP contribution in [0.1, 0.15) is 29.8 Å². The Morgan fingerprint density at radius 2 is 1.96 bits per heavy atom. The maximum absolute atomic E-state index is 9.27. The van der Waals surface area contributed by atoms with Crippen LogP contribution in [-0.2, 0) is 0 Å². The van der Waals surface area contributed by atoms with Crippen molar-refractivity contribution < 1.29 is 0 Å². The van der Waals surface area contributed by atoms with Gasteiger partial charge in [0.2, 0.25) is 0 Å². The zero-order valence-corrected chi connectivity index (χ0v) is 13.5. The van der Waals surface area contributed by atoms with Gasteiger partial charge in [-0.1, -0.05) is 0 Å². The van der Waals surface area contributed by atoms with Gasteiger partial charge in [0.15, 0.2) is 0 Å². The van der Waals surface area contributed by atoms with Crippen molar-refractivity contribution in [3.63, 3.8) is 0 Å². The molecule has 0 spiro atoms. The average molecular weight is 308 g/mol. The topological polar surface area (TPSA) is 77.7 Å². The van der Waals surface area contributed by atoms with Crippen LogP contribution in [0.4, 0.5) is 11.6 Å². The number of hydrogen-bond acceptors (Lipinski definition) is 6. The first-order valence-corrected chi connectivity index (χ1v) is 7.83. The van der Waals surface area contributed by atoms with Crippen LogP contribution in [0.25, 0.3) is 0 Å². The minimum absolute atomic E-state index is 0.385. The van der Waals surface area contributed by atoms with Gasteiger partial charge in [-0.3, -0.25) is 0 Å². The Morgan fingerprint density at radius 3 is 2.65 bits per heavy atom. The first kappa shape index (κ1) is 15.2. The number of nitrogens with zero attached hydrogens (tertiary/aromatic N) is 5. The first-order valence-electron chi connectivity index (χ1n) is 7.83. The largest absolute Gasteiger partial charge is 0.367 e. The monoisotopic (exact) mass is 308 g/mol. The summed E-state index contributed by atoms with van der Waals surface area (Å²) in [6.07, 6.45) is 3.57. The van der Waals surface area contributed by atoms with Crippen molar-refractivity contribution >= 4 is 11.6 Å². The molecular formula is C17H20N6. The normalized spacial score (nSPS) is 15.3. The van der Waals surface area contributed by atoms with E-state index in [4.69, 9.17) is 0 Å². The van der Waals surface area contributed by atoms with E-state index in [0.717, 1.165) is 49.0 Å². The molecule has 0 amide bonds. The maximum atomic E-state index is 9.27. The van der Waals surface area contributed by atoms with E-state index in [1.165, 1.54) is 0 Å². The minimum atomic E-state index is 0.385. The molecule has 118 valence electrons. The molecule has 2 aromatic rings. The molecule has 0 bridgehead atoms. The molecule has 0 unspecified atom stereocenters. The standard InChI is InChI=1S/C17H20N6/c1-12-3-4-14(10-18)17(21-12)23-7-5-15(6-8-23)22-16-9-13(2)19-11-20-16/h3-4,9,11,15H,5-8H2,1-2H3,(H,19,20,22). The number of rotatable bonds is 3. The highest BCUT2D eigenvalue weighted by Gasteiger charge is 2.22. The summed E-state index contributed by atoms with van der Waals surface area (Å²) >= 11 is 0. The van der Waals surface area contributed by atoms with Crippen LogP contribution in [0.3, 0.4) is 0 Å². The van der Waals surface area contributed by atoms with Crippen LogP contribution in [0, 0.1) is 25.2 Å². The molecular weight excluding hydrogens is 288 g/mol. The van der Waals surface area contributed by atoms with Crippen LogP contribution in [0.15, 0.2) is 24.5 Å².